The number of carbonyl (C=O) groups excluding carboxylic acids is 1. The minimum Gasteiger partial charge on any atom is -0.497 e. The Morgan fingerprint density at radius 3 is 2.44 bits per heavy atom. The first-order valence-electron chi connectivity index (χ1n) is 7.87. The lowest BCUT2D eigenvalue weighted by atomic mass is 10.0. The molecule has 0 aliphatic carbocycles. The Labute approximate surface area is 148 Å². The highest BCUT2D eigenvalue weighted by Gasteiger charge is 2.21. The van der Waals surface area contributed by atoms with Crippen LogP contribution in [0.5, 0.6) is 5.75 Å². The first-order chi connectivity index (χ1) is 11.8. The number of amides is 1. The average Bonchev–Trinajstić information content (AvgIpc) is 3.02. The van der Waals surface area contributed by atoms with E-state index in [1.54, 1.807) is 14.2 Å². The number of nitrogens with one attached hydrogen (secondary N) is 2. The molecule has 8 heteroatoms. The molecule has 2 aromatic rings. The Morgan fingerprint density at radius 2 is 1.92 bits per heavy atom. The zero-order chi connectivity index (χ0) is 18.6. The number of methoxy groups -OCH3 is 1. The maximum Gasteiger partial charge on any atom is 0.268 e. The third-order valence-corrected chi connectivity index (χ3v) is 5.40. The third-order valence-electron chi connectivity index (χ3n) is 4.02. The normalized spacial score (nSPS) is 12.6. The van der Waals surface area contributed by atoms with Crippen LogP contribution in [0.15, 0.2) is 41.4 Å². The van der Waals surface area contributed by atoms with Crippen LogP contribution in [-0.4, -0.2) is 33.0 Å². The van der Waals surface area contributed by atoms with Crippen LogP contribution in [0.2, 0.25) is 0 Å². The van der Waals surface area contributed by atoms with Crippen molar-refractivity contribution in [3.05, 3.63) is 47.8 Å². The fourth-order valence-electron chi connectivity index (χ4n) is 2.51. The van der Waals surface area contributed by atoms with Gasteiger partial charge in [0.15, 0.2) is 0 Å². The summed E-state index contributed by atoms with van der Waals surface area (Å²) in [4.78, 5) is 12.6. The van der Waals surface area contributed by atoms with E-state index in [-0.39, 0.29) is 22.5 Å². The van der Waals surface area contributed by atoms with Crippen molar-refractivity contribution in [2.45, 2.75) is 24.3 Å². The van der Waals surface area contributed by atoms with Crippen LogP contribution >= 0.6 is 0 Å². The minimum absolute atomic E-state index is 0.0557. The number of hydrogen-bond acceptors (Lipinski definition) is 4. The summed E-state index contributed by atoms with van der Waals surface area (Å²) >= 11 is 0. The molecule has 136 valence electrons. The highest BCUT2D eigenvalue weighted by molar-refractivity contribution is 7.89. The average molecular weight is 365 g/mol. The van der Waals surface area contributed by atoms with E-state index in [1.165, 1.54) is 23.9 Å². The number of aryl methyl sites for hydroxylation is 1. The molecule has 1 aromatic heterocycles. The van der Waals surface area contributed by atoms with Crippen LogP contribution in [0.25, 0.3) is 0 Å². The van der Waals surface area contributed by atoms with Gasteiger partial charge < -0.3 is 14.6 Å². The Balaban J connectivity index is 2.22. The van der Waals surface area contributed by atoms with Crippen LogP contribution in [0.4, 0.5) is 0 Å². The zero-order valence-corrected chi connectivity index (χ0v) is 15.6. The SMILES string of the molecule is CC[C@@H](NC(=O)c1cc(S(=O)(=O)NC)cn1C)c1ccc(OC)cc1. The molecule has 1 heterocycles. The van der Waals surface area contributed by atoms with Gasteiger partial charge in [0.2, 0.25) is 10.0 Å². The molecule has 7 nitrogen and oxygen atoms in total. The molecule has 0 radical (unpaired) electrons. The molecule has 2 rings (SSSR count). The van der Waals surface area contributed by atoms with Gasteiger partial charge in [-0.1, -0.05) is 19.1 Å². The molecule has 0 unspecified atom stereocenters. The molecule has 1 atom stereocenters. The van der Waals surface area contributed by atoms with Gasteiger partial charge in [0.25, 0.3) is 5.91 Å². The second kappa shape index (κ2) is 7.71. The summed E-state index contributed by atoms with van der Waals surface area (Å²) < 4.78 is 32.6. The topological polar surface area (TPSA) is 89.4 Å². The Morgan fingerprint density at radius 1 is 1.28 bits per heavy atom. The third kappa shape index (κ3) is 4.21. The van der Waals surface area contributed by atoms with E-state index in [0.29, 0.717) is 6.42 Å². The predicted molar refractivity (Wildman–Crippen MR) is 95.2 cm³/mol. The summed E-state index contributed by atoms with van der Waals surface area (Å²) in [6, 6.07) is 8.65. The molecule has 0 saturated carbocycles. The monoisotopic (exact) mass is 365 g/mol. The fourth-order valence-corrected chi connectivity index (χ4v) is 3.31. The Kier molecular flexibility index (Phi) is 5.86. The van der Waals surface area contributed by atoms with E-state index < -0.39 is 10.0 Å². The van der Waals surface area contributed by atoms with Crippen LogP contribution in [0, 0.1) is 0 Å². The van der Waals surface area contributed by atoms with E-state index in [9.17, 15) is 13.2 Å². The number of rotatable bonds is 7. The second-order valence-corrected chi connectivity index (χ2v) is 7.47. The summed E-state index contributed by atoms with van der Waals surface area (Å²) in [5.74, 6) is 0.414. The molecule has 0 bridgehead atoms. The number of carbonyl (C=O) groups is 1. The lowest BCUT2D eigenvalue weighted by molar-refractivity contribution is 0.0927. The molecule has 0 fully saturated rings. The van der Waals surface area contributed by atoms with Gasteiger partial charge in [-0.3, -0.25) is 4.79 Å². The van der Waals surface area contributed by atoms with Crippen molar-refractivity contribution in [2.24, 2.45) is 7.05 Å². The van der Waals surface area contributed by atoms with E-state index >= 15 is 0 Å². The van der Waals surface area contributed by atoms with E-state index in [4.69, 9.17) is 4.74 Å². The van der Waals surface area contributed by atoms with Crippen molar-refractivity contribution >= 4 is 15.9 Å². The first-order valence-corrected chi connectivity index (χ1v) is 9.35. The summed E-state index contributed by atoms with van der Waals surface area (Å²) in [5, 5.41) is 2.94. The van der Waals surface area contributed by atoms with Crippen molar-refractivity contribution in [3.63, 3.8) is 0 Å². The van der Waals surface area contributed by atoms with Gasteiger partial charge in [-0.05, 0) is 37.2 Å². The van der Waals surface area contributed by atoms with E-state index in [1.807, 2.05) is 31.2 Å². The number of ether oxygens (including phenoxy) is 1. The first kappa shape index (κ1) is 19.0. The summed E-state index contributed by atoms with van der Waals surface area (Å²) in [6.07, 6.45) is 2.11. The minimum atomic E-state index is -3.59. The van der Waals surface area contributed by atoms with Crippen molar-refractivity contribution in [2.75, 3.05) is 14.2 Å². The van der Waals surface area contributed by atoms with Gasteiger partial charge in [0.05, 0.1) is 13.2 Å². The fraction of sp³-hybridized carbons (Fsp3) is 0.353. The van der Waals surface area contributed by atoms with Crippen LogP contribution in [-0.2, 0) is 17.1 Å². The molecular formula is C17H23N3O4S. The largest absolute Gasteiger partial charge is 0.497 e. The summed E-state index contributed by atoms with van der Waals surface area (Å²) in [7, 11) is 0.975. The van der Waals surface area contributed by atoms with Gasteiger partial charge in [-0.2, -0.15) is 0 Å². The number of benzene rings is 1. The lowest BCUT2D eigenvalue weighted by Crippen LogP contribution is -2.29. The molecule has 1 amide bonds. The number of nitrogens with zero attached hydrogens (tertiary/aromatic N) is 1. The quantitative estimate of drug-likeness (QED) is 0.783. The molecule has 0 aliphatic heterocycles. The van der Waals surface area contributed by atoms with E-state index in [0.717, 1.165) is 11.3 Å². The molecule has 0 aliphatic rings. The predicted octanol–water partition coefficient (Wildman–Crippen LogP) is 1.82. The molecule has 25 heavy (non-hydrogen) atoms. The van der Waals surface area contributed by atoms with Gasteiger partial charge in [0.1, 0.15) is 16.3 Å². The summed E-state index contributed by atoms with van der Waals surface area (Å²) in [6.45, 7) is 1.97. The van der Waals surface area contributed by atoms with Crippen LogP contribution in [0.1, 0.15) is 35.4 Å². The maximum absolute atomic E-state index is 12.6. The molecular weight excluding hydrogens is 342 g/mol. The van der Waals surface area contributed by atoms with Gasteiger partial charge in [0, 0.05) is 13.2 Å². The molecule has 2 N–H and O–H groups in total. The highest BCUT2D eigenvalue weighted by atomic mass is 32.2. The summed E-state index contributed by atoms with van der Waals surface area (Å²) in [5.41, 5.74) is 1.23. The Hall–Kier alpha value is -2.32. The second-order valence-electron chi connectivity index (χ2n) is 5.59. The van der Waals surface area contributed by atoms with E-state index in [2.05, 4.69) is 10.0 Å². The van der Waals surface area contributed by atoms with Crippen molar-refractivity contribution in [1.29, 1.82) is 0 Å². The van der Waals surface area contributed by atoms with Crippen molar-refractivity contribution in [3.8, 4) is 5.75 Å². The van der Waals surface area contributed by atoms with Gasteiger partial charge in [-0.25, -0.2) is 13.1 Å². The standard InChI is InChI=1S/C17H23N3O4S/c1-5-15(12-6-8-13(24-4)9-7-12)19-17(21)16-10-14(11-20(16)3)25(22,23)18-2/h6-11,15,18H,5H2,1-4H3,(H,19,21)/t15-/m1/s1. The van der Waals surface area contributed by atoms with Gasteiger partial charge in [-0.15, -0.1) is 0 Å². The van der Waals surface area contributed by atoms with Crippen molar-refractivity contribution in [1.82, 2.24) is 14.6 Å². The number of hydrogen-bond donors (Lipinski definition) is 2. The van der Waals surface area contributed by atoms with Crippen LogP contribution in [0.3, 0.4) is 0 Å². The molecule has 0 saturated heterocycles. The van der Waals surface area contributed by atoms with Crippen LogP contribution < -0.4 is 14.8 Å². The number of sulfonamides is 1. The van der Waals surface area contributed by atoms with Gasteiger partial charge >= 0.3 is 0 Å². The highest BCUT2D eigenvalue weighted by Crippen LogP contribution is 2.21. The maximum atomic E-state index is 12.6. The zero-order valence-electron chi connectivity index (χ0n) is 14.7. The molecule has 1 aromatic carbocycles. The smallest absolute Gasteiger partial charge is 0.268 e. The Bertz CT molecular complexity index is 841. The number of aromatic nitrogens is 1. The van der Waals surface area contributed by atoms with Crippen molar-refractivity contribution < 1.29 is 17.9 Å². The molecule has 0 spiro atoms. The lowest BCUT2D eigenvalue weighted by Gasteiger charge is -2.18.